The molecular formula is C21H26ClF3N2O3. The number of hydrogen-bond acceptors (Lipinski definition) is 3. The van der Waals surface area contributed by atoms with Gasteiger partial charge in [-0.05, 0) is 43.2 Å². The van der Waals surface area contributed by atoms with Crippen LogP contribution in [0.1, 0.15) is 44.1 Å². The fourth-order valence-electron chi connectivity index (χ4n) is 4.53. The number of nitrogens with zero attached hydrogens (tertiary/aromatic N) is 1. The summed E-state index contributed by atoms with van der Waals surface area (Å²) in [6.45, 7) is -0.494. The predicted molar refractivity (Wildman–Crippen MR) is 106 cm³/mol. The normalized spacial score (nSPS) is 23.8. The largest absolute Gasteiger partial charge is 0.408 e. The minimum Gasteiger partial charge on any atom is -0.394 e. The number of amides is 3. The second kappa shape index (κ2) is 9.56. The van der Waals surface area contributed by atoms with Gasteiger partial charge >= 0.3 is 12.2 Å². The van der Waals surface area contributed by atoms with E-state index < -0.39 is 48.6 Å². The average molecular weight is 447 g/mol. The summed E-state index contributed by atoms with van der Waals surface area (Å²) in [5.74, 6) is -1.89. The lowest BCUT2D eigenvalue weighted by atomic mass is 9.82. The first-order chi connectivity index (χ1) is 14.2. The fraction of sp³-hybridized carbons (Fsp3) is 0.619. The molecule has 2 fully saturated rings. The topological polar surface area (TPSA) is 69.6 Å². The Labute approximate surface area is 178 Å². The third-order valence-electron chi connectivity index (χ3n) is 6.19. The summed E-state index contributed by atoms with van der Waals surface area (Å²) in [7, 11) is 0. The summed E-state index contributed by atoms with van der Waals surface area (Å²) >= 11 is 6.11. The monoisotopic (exact) mass is 446 g/mol. The number of nitrogens with one attached hydrogen (secondary N) is 1. The lowest BCUT2D eigenvalue weighted by molar-refractivity contribution is -0.170. The van der Waals surface area contributed by atoms with Crippen molar-refractivity contribution >= 4 is 23.5 Å². The van der Waals surface area contributed by atoms with Crippen molar-refractivity contribution in [2.75, 3.05) is 6.61 Å². The third-order valence-corrected chi connectivity index (χ3v) is 6.56. The molecule has 0 bridgehead atoms. The summed E-state index contributed by atoms with van der Waals surface area (Å²) in [6.07, 6.45) is -0.718. The molecule has 1 saturated heterocycles. The molecule has 3 atom stereocenters. The van der Waals surface area contributed by atoms with Crippen LogP contribution in [0.3, 0.4) is 0 Å². The molecular weight excluding hydrogens is 421 g/mol. The SMILES string of the molecule is O=C(NC(C1CCCCC1)C(F)(F)F)N1C(=O)[C@H](CCc2ccccc2Cl)C1CO. The molecule has 1 saturated carbocycles. The molecule has 0 spiro atoms. The molecule has 30 heavy (non-hydrogen) atoms. The number of likely N-dealkylation sites (tertiary alicyclic amines) is 1. The van der Waals surface area contributed by atoms with E-state index in [1.54, 1.807) is 12.1 Å². The van der Waals surface area contributed by atoms with Crippen LogP contribution in [-0.2, 0) is 11.2 Å². The molecule has 1 aliphatic carbocycles. The van der Waals surface area contributed by atoms with E-state index in [0.29, 0.717) is 43.5 Å². The van der Waals surface area contributed by atoms with Crippen molar-refractivity contribution in [3.8, 4) is 0 Å². The Balaban J connectivity index is 1.63. The third kappa shape index (κ3) is 4.91. The zero-order valence-electron chi connectivity index (χ0n) is 16.5. The number of rotatable bonds is 6. The molecule has 1 heterocycles. The van der Waals surface area contributed by atoms with E-state index >= 15 is 0 Å². The zero-order chi connectivity index (χ0) is 21.9. The highest BCUT2D eigenvalue weighted by Crippen LogP contribution is 2.36. The van der Waals surface area contributed by atoms with Gasteiger partial charge in [0.15, 0.2) is 0 Å². The highest BCUT2D eigenvalue weighted by atomic mass is 35.5. The maximum atomic E-state index is 13.6. The molecule has 9 heteroatoms. The molecule has 0 aromatic heterocycles. The van der Waals surface area contributed by atoms with E-state index in [9.17, 15) is 27.9 Å². The fourth-order valence-corrected chi connectivity index (χ4v) is 4.76. The Bertz CT molecular complexity index is 768. The first kappa shape index (κ1) is 22.9. The van der Waals surface area contributed by atoms with Crippen LogP contribution in [0.4, 0.5) is 18.0 Å². The van der Waals surface area contributed by atoms with Gasteiger partial charge in [-0.1, -0.05) is 49.1 Å². The van der Waals surface area contributed by atoms with Gasteiger partial charge in [0.1, 0.15) is 6.04 Å². The molecule has 5 nitrogen and oxygen atoms in total. The maximum absolute atomic E-state index is 13.6. The molecule has 166 valence electrons. The van der Waals surface area contributed by atoms with Gasteiger partial charge in [0, 0.05) is 5.02 Å². The van der Waals surface area contributed by atoms with Crippen LogP contribution in [0.15, 0.2) is 24.3 Å². The van der Waals surface area contributed by atoms with Gasteiger partial charge in [0.25, 0.3) is 0 Å². The highest BCUT2D eigenvalue weighted by Gasteiger charge is 2.52. The smallest absolute Gasteiger partial charge is 0.394 e. The number of urea groups is 1. The maximum Gasteiger partial charge on any atom is 0.408 e. The summed E-state index contributed by atoms with van der Waals surface area (Å²) < 4.78 is 40.7. The molecule has 3 rings (SSSR count). The summed E-state index contributed by atoms with van der Waals surface area (Å²) in [5.41, 5.74) is 0.834. The number of carbonyl (C=O) groups excluding carboxylic acids is 2. The Kier molecular flexibility index (Phi) is 7.29. The average Bonchev–Trinajstić information content (AvgIpc) is 2.71. The van der Waals surface area contributed by atoms with Crippen LogP contribution in [0.25, 0.3) is 0 Å². The van der Waals surface area contributed by atoms with Crippen LogP contribution < -0.4 is 5.32 Å². The van der Waals surface area contributed by atoms with Crippen LogP contribution in [0.5, 0.6) is 0 Å². The first-order valence-corrected chi connectivity index (χ1v) is 10.7. The first-order valence-electron chi connectivity index (χ1n) is 10.3. The van der Waals surface area contributed by atoms with Crippen LogP contribution >= 0.6 is 11.6 Å². The number of alkyl halides is 3. The second-order valence-corrected chi connectivity index (χ2v) is 8.47. The summed E-state index contributed by atoms with van der Waals surface area (Å²) in [4.78, 5) is 25.8. The standard InChI is InChI=1S/C21H26ClF3N2O3/c22-16-9-5-4-6-13(16)10-11-15-17(12-28)27(19(15)29)20(30)26-18(21(23,24)25)14-7-2-1-3-8-14/h4-6,9,14-15,17-18,28H,1-3,7-8,10-12H2,(H,26,30)/t15-,17?,18?/m1/s1. The number of benzene rings is 1. The lowest BCUT2D eigenvalue weighted by Gasteiger charge is -2.45. The number of aliphatic hydroxyl groups is 1. The van der Waals surface area contributed by atoms with Crippen molar-refractivity contribution in [1.82, 2.24) is 10.2 Å². The molecule has 2 aliphatic rings. The molecule has 2 unspecified atom stereocenters. The van der Waals surface area contributed by atoms with E-state index in [4.69, 9.17) is 11.6 Å². The van der Waals surface area contributed by atoms with Crippen molar-refractivity contribution < 1.29 is 27.9 Å². The number of imide groups is 1. The van der Waals surface area contributed by atoms with Gasteiger partial charge < -0.3 is 10.4 Å². The van der Waals surface area contributed by atoms with E-state index in [2.05, 4.69) is 0 Å². The van der Waals surface area contributed by atoms with Crippen molar-refractivity contribution in [3.05, 3.63) is 34.9 Å². The summed E-state index contributed by atoms with van der Waals surface area (Å²) in [6, 6.07) is 3.25. The van der Waals surface area contributed by atoms with Crippen LogP contribution in [0, 0.1) is 11.8 Å². The number of carbonyl (C=O) groups is 2. The number of β-lactam (4-membered cyclic amide) rings is 1. The zero-order valence-corrected chi connectivity index (χ0v) is 17.3. The van der Waals surface area contributed by atoms with Gasteiger partial charge in [0.05, 0.1) is 18.6 Å². The van der Waals surface area contributed by atoms with Crippen LogP contribution in [-0.4, -0.2) is 46.8 Å². The quantitative estimate of drug-likeness (QED) is 0.640. The van der Waals surface area contributed by atoms with E-state index in [1.165, 1.54) is 0 Å². The predicted octanol–water partition coefficient (Wildman–Crippen LogP) is 4.31. The number of halogens is 4. The Hall–Kier alpha value is -1.80. The van der Waals surface area contributed by atoms with E-state index in [-0.39, 0.29) is 0 Å². The Morgan fingerprint density at radius 1 is 1.23 bits per heavy atom. The molecule has 0 radical (unpaired) electrons. The van der Waals surface area contributed by atoms with Crippen molar-refractivity contribution in [2.45, 2.75) is 63.2 Å². The van der Waals surface area contributed by atoms with E-state index in [1.807, 2.05) is 17.4 Å². The number of hydrogen-bond donors (Lipinski definition) is 2. The van der Waals surface area contributed by atoms with Gasteiger partial charge in [0.2, 0.25) is 5.91 Å². The highest BCUT2D eigenvalue weighted by molar-refractivity contribution is 6.31. The Morgan fingerprint density at radius 2 is 1.90 bits per heavy atom. The van der Waals surface area contributed by atoms with E-state index in [0.717, 1.165) is 16.9 Å². The number of aliphatic hydroxyl groups excluding tert-OH is 1. The van der Waals surface area contributed by atoms with Crippen molar-refractivity contribution in [3.63, 3.8) is 0 Å². The van der Waals surface area contributed by atoms with Gasteiger partial charge in [-0.2, -0.15) is 13.2 Å². The molecule has 2 N–H and O–H groups in total. The van der Waals surface area contributed by atoms with Gasteiger partial charge in [-0.25, -0.2) is 4.79 Å². The minimum absolute atomic E-state index is 0.350. The summed E-state index contributed by atoms with van der Waals surface area (Å²) in [5, 5.41) is 12.3. The van der Waals surface area contributed by atoms with Crippen LogP contribution in [0.2, 0.25) is 5.02 Å². The Morgan fingerprint density at radius 3 is 2.50 bits per heavy atom. The molecule has 1 aromatic rings. The lowest BCUT2D eigenvalue weighted by Crippen LogP contribution is -2.68. The second-order valence-electron chi connectivity index (χ2n) is 8.06. The van der Waals surface area contributed by atoms with Crippen molar-refractivity contribution in [1.29, 1.82) is 0 Å². The van der Waals surface area contributed by atoms with Crippen molar-refractivity contribution in [2.24, 2.45) is 11.8 Å². The molecule has 3 amide bonds. The van der Waals surface area contributed by atoms with Gasteiger partial charge in [-0.15, -0.1) is 0 Å². The minimum atomic E-state index is -4.59. The number of aryl methyl sites for hydroxylation is 1. The molecule has 1 aromatic carbocycles. The van der Waals surface area contributed by atoms with Gasteiger partial charge in [-0.3, -0.25) is 9.69 Å². The molecule has 1 aliphatic heterocycles.